The second-order valence-corrected chi connectivity index (χ2v) is 5.83. The van der Waals surface area contributed by atoms with Crippen LogP contribution in [0.2, 0.25) is 5.02 Å². The molecule has 7 heteroatoms. The fourth-order valence-corrected chi connectivity index (χ4v) is 2.88. The molecule has 1 amide bonds. The van der Waals surface area contributed by atoms with E-state index in [0.29, 0.717) is 10.7 Å². The molecule has 1 saturated heterocycles. The topological polar surface area (TPSA) is 63.1 Å². The molecule has 2 aromatic rings. The fraction of sp³-hybridized carbons (Fsp3) is 0.400. The first kappa shape index (κ1) is 14.8. The largest absolute Gasteiger partial charge is 0.355 e. The minimum absolute atomic E-state index is 0.116. The van der Waals surface area contributed by atoms with E-state index < -0.39 is 0 Å². The number of nitrogens with one attached hydrogen (secondary N) is 1. The lowest BCUT2D eigenvalue weighted by Gasteiger charge is -2.33. The highest BCUT2D eigenvalue weighted by Gasteiger charge is 2.23. The zero-order chi connectivity index (χ0) is 15.5. The van der Waals surface area contributed by atoms with Gasteiger partial charge in [0.25, 0.3) is 5.91 Å². The van der Waals surface area contributed by atoms with Gasteiger partial charge < -0.3 is 10.2 Å². The molecule has 0 aliphatic carbocycles. The molecular weight excluding hydrogens is 302 g/mol. The molecule has 0 radical (unpaired) electrons. The number of pyridine rings is 1. The van der Waals surface area contributed by atoms with Gasteiger partial charge in [0.05, 0.1) is 5.02 Å². The van der Waals surface area contributed by atoms with Gasteiger partial charge >= 0.3 is 0 Å². The van der Waals surface area contributed by atoms with Gasteiger partial charge in [-0.3, -0.25) is 9.48 Å². The van der Waals surface area contributed by atoms with Gasteiger partial charge in [-0.05, 0) is 31.0 Å². The molecule has 1 N–H and O–H groups in total. The second-order valence-electron chi connectivity index (χ2n) is 5.42. The molecule has 116 valence electrons. The van der Waals surface area contributed by atoms with Crippen LogP contribution in [0.5, 0.6) is 0 Å². The minimum atomic E-state index is -0.116. The van der Waals surface area contributed by atoms with Crippen molar-refractivity contribution in [2.45, 2.75) is 18.9 Å². The molecule has 3 rings (SSSR count). The number of halogens is 1. The molecule has 1 aliphatic heterocycles. The SMILES string of the molecule is Cn1ccc(C(=O)NC2CCN(c3ncccc3Cl)CC2)n1. The Hall–Kier alpha value is -2.08. The molecule has 1 fully saturated rings. The highest BCUT2D eigenvalue weighted by Crippen LogP contribution is 2.25. The summed E-state index contributed by atoms with van der Waals surface area (Å²) in [6.07, 6.45) is 5.24. The van der Waals surface area contributed by atoms with Gasteiger partial charge in [0.1, 0.15) is 11.5 Å². The molecule has 2 aromatic heterocycles. The molecule has 0 saturated carbocycles. The number of hydrogen-bond donors (Lipinski definition) is 1. The van der Waals surface area contributed by atoms with E-state index in [-0.39, 0.29) is 11.9 Å². The highest BCUT2D eigenvalue weighted by molar-refractivity contribution is 6.32. The van der Waals surface area contributed by atoms with Crippen LogP contribution in [-0.2, 0) is 7.05 Å². The van der Waals surface area contributed by atoms with Gasteiger partial charge in [0.2, 0.25) is 0 Å². The Labute approximate surface area is 134 Å². The average molecular weight is 320 g/mol. The third kappa shape index (κ3) is 3.22. The van der Waals surface area contributed by atoms with Crippen molar-refractivity contribution in [2.24, 2.45) is 7.05 Å². The third-order valence-corrected chi connectivity index (χ3v) is 4.11. The summed E-state index contributed by atoms with van der Waals surface area (Å²) in [4.78, 5) is 18.6. The van der Waals surface area contributed by atoms with Gasteiger partial charge in [-0.25, -0.2) is 4.98 Å². The van der Waals surface area contributed by atoms with Gasteiger partial charge in [-0.2, -0.15) is 5.10 Å². The van der Waals surface area contributed by atoms with Crippen molar-refractivity contribution in [2.75, 3.05) is 18.0 Å². The van der Waals surface area contributed by atoms with Crippen molar-refractivity contribution in [1.29, 1.82) is 0 Å². The van der Waals surface area contributed by atoms with Crippen LogP contribution < -0.4 is 10.2 Å². The number of hydrogen-bond acceptors (Lipinski definition) is 4. The van der Waals surface area contributed by atoms with E-state index in [0.717, 1.165) is 31.7 Å². The van der Waals surface area contributed by atoms with Crippen molar-refractivity contribution >= 4 is 23.3 Å². The van der Waals surface area contributed by atoms with Crippen LogP contribution in [0.1, 0.15) is 23.3 Å². The average Bonchev–Trinajstić information content (AvgIpc) is 2.95. The first-order valence-corrected chi connectivity index (χ1v) is 7.67. The lowest BCUT2D eigenvalue weighted by atomic mass is 10.0. The van der Waals surface area contributed by atoms with Crippen LogP contribution in [0.15, 0.2) is 30.6 Å². The smallest absolute Gasteiger partial charge is 0.271 e. The third-order valence-electron chi connectivity index (χ3n) is 3.82. The number of carbonyl (C=O) groups excluding carboxylic acids is 1. The predicted octanol–water partition coefficient (Wildman–Crippen LogP) is 1.87. The highest BCUT2D eigenvalue weighted by atomic mass is 35.5. The number of piperidine rings is 1. The Bertz CT molecular complexity index is 663. The first-order valence-electron chi connectivity index (χ1n) is 7.29. The zero-order valence-corrected chi connectivity index (χ0v) is 13.1. The summed E-state index contributed by atoms with van der Waals surface area (Å²) in [6.45, 7) is 1.65. The monoisotopic (exact) mass is 319 g/mol. The maximum atomic E-state index is 12.1. The van der Waals surface area contributed by atoms with E-state index in [4.69, 9.17) is 11.6 Å². The van der Waals surface area contributed by atoms with Crippen LogP contribution in [0.25, 0.3) is 0 Å². The molecule has 0 unspecified atom stereocenters. The number of rotatable bonds is 3. The number of aromatic nitrogens is 3. The summed E-state index contributed by atoms with van der Waals surface area (Å²) < 4.78 is 1.63. The molecule has 1 aliphatic rings. The minimum Gasteiger partial charge on any atom is -0.355 e. The molecule has 0 bridgehead atoms. The predicted molar refractivity (Wildman–Crippen MR) is 85.2 cm³/mol. The van der Waals surface area contributed by atoms with Crippen LogP contribution in [0, 0.1) is 0 Å². The molecule has 0 aromatic carbocycles. The van der Waals surface area contributed by atoms with E-state index >= 15 is 0 Å². The first-order chi connectivity index (χ1) is 10.6. The molecule has 3 heterocycles. The van der Waals surface area contributed by atoms with E-state index in [1.54, 1.807) is 30.2 Å². The lowest BCUT2D eigenvalue weighted by Crippen LogP contribution is -2.45. The molecule has 0 atom stereocenters. The van der Waals surface area contributed by atoms with Gasteiger partial charge in [-0.1, -0.05) is 11.6 Å². The van der Waals surface area contributed by atoms with Crippen LogP contribution in [-0.4, -0.2) is 39.8 Å². The van der Waals surface area contributed by atoms with E-state index in [9.17, 15) is 4.79 Å². The second kappa shape index (κ2) is 6.36. The molecule has 0 spiro atoms. The molecular formula is C15H18ClN5O. The maximum Gasteiger partial charge on any atom is 0.271 e. The van der Waals surface area contributed by atoms with Crippen LogP contribution in [0.3, 0.4) is 0 Å². The van der Waals surface area contributed by atoms with Crippen molar-refractivity contribution in [3.63, 3.8) is 0 Å². The quantitative estimate of drug-likeness (QED) is 0.938. The summed E-state index contributed by atoms with van der Waals surface area (Å²) in [5, 5.41) is 7.82. The number of amides is 1. The molecule has 6 nitrogen and oxygen atoms in total. The van der Waals surface area contributed by atoms with Gasteiger partial charge in [0.15, 0.2) is 0 Å². The Balaban J connectivity index is 1.56. The van der Waals surface area contributed by atoms with Crippen LogP contribution in [0.4, 0.5) is 5.82 Å². The maximum absolute atomic E-state index is 12.1. The van der Waals surface area contributed by atoms with Gasteiger partial charge in [-0.15, -0.1) is 0 Å². The number of anilines is 1. The van der Waals surface area contributed by atoms with Crippen molar-refractivity contribution < 1.29 is 4.79 Å². The van der Waals surface area contributed by atoms with Crippen LogP contribution >= 0.6 is 11.6 Å². The van der Waals surface area contributed by atoms with Crippen molar-refractivity contribution in [3.05, 3.63) is 41.3 Å². The Morgan fingerprint density at radius 1 is 1.36 bits per heavy atom. The standard InChI is InChI=1S/C15H18ClN5O/c1-20-8-6-13(19-20)15(22)18-11-4-9-21(10-5-11)14-12(16)3-2-7-17-14/h2-3,6-8,11H,4-5,9-10H2,1H3,(H,18,22). The number of aryl methyl sites for hydroxylation is 1. The molecule has 22 heavy (non-hydrogen) atoms. The number of carbonyl (C=O) groups is 1. The zero-order valence-electron chi connectivity index (χ0n) is 12.4. The Morgan fingerprint density at radius 2 is 2.14 bits per heavy atom. The normalized spacial score (nSPS) is 15.8. The van der Waals surface area contributed by atoms with Crippen molar-refractivity contribution in [3.8, 4) is 0 Å². The van der Waals surface area contributed by atoms with E-state index in [2.05, 4.69) is 20.3 Å². The number of nitrogens with zero attached hydrogens (tertiary/aromatic N) is 4. The summed E-state index contributed by atoms with van der Waals surface area (Å²) in [7, 11) is 1.80. The van der Waals surface area contributed by atoms with E-state index in [1.807, 2.05) is 12.1 Å². The summed E-state index contributed by atoms with van der Waals surface area (Å²) in [5.41, 5.74) is 0.456. The lowest BCUT2D eigenvalue weighted by molar-refractivity contribution is 0.0925. The summed E-state index contributed by atoms with van der Waals surface area (Å²) in [5.74, 6) is 0.702. The van der Waals surface area contributed by atoms with E-state index in [1.165, 1.54) is 0 Å². The summed E-state index contributed by atoms with van der Waals surface area (Å²) in [6, 6.07) is 5.55. The fourth-order valence-electron chi connectivity index (χ4n) is 2.64. The van der Waals surface area contributed by atoms with Crippen molar-refractivity contribution in [1.82, 2.24) is 20.1 Å². The Kier molecular flexibility index (Phi) is 4.29. The van der Waals surface area contributed by atoms with Gasteiger partial charge in [0, 0.05) is 38.6 Å². The Morgan fingerprint density at radius 3 is 2.77 bits per heavy atom. The summed E-state index contributed by atoms with van der Waals surface area (Å²) >= 11 is 6.18.